The fourth-order valence-corrected chi connectivity index (χ4v) is 3.46. The van der Waals surface area contributed by atoms with E-state index in [0.29, 0.717) is 10.0 Å². The molecule has 106 valence electrons. The predicted octanol–water partition coefficient (Wildman–Crippen LogP) is 5.59. The molecule has 0 amide bonds. The highest BCUT2D eigenvalue weighted by atomic mass is 79.9. The van der Waals surface area contributed by atoms with Crippen molar-refractivity contribution in [3.63, 3.8) is 0 Å². The second kappa shape index (κ2) is 5.87. The van der Waals surface area contributed by atoms with Crippen molar-refractivity contribution in [3.05, 3.63) is 80.5 Å². The Morgan fingerprint density at radius 2 is 1.48 bits per heavy atom. The molecule has 0 aliphatic carbocycles. The molecule has 0 saturated heterocycles. The van der Waals surface area contributed by atoms with Crippen molar-refractivity contribution in [1.82, 2.24) is 0 Å². The molecule has 1 N–H and O–H groups in total. The maximum absolute atomic E-state index is 13.2. The summed E-state index contributed by atoms with van der Waals surface area (Å²) in [5, 5.41) is 12.7. The maximum Gasteiger partial charge on any atom is 0.124 e. The van der Waals surface area contributed by atoms with Gasteiger partial charge in [0.2, 0.25) is 0 Å². The molecule has 3 rings (SSSR count). The van der Waals surface area contributed by atoms with Gasteiger partial charge in [-0.2, -0.15) is 0 Å². The zero-order valence-electron chi connectivity index (χ0n) is 10.9. The number of fused-ring (bicyclic) bond motifs is 1. The molecule has 4 heteroatoms. The van der Waals surface area contributed by atoms with E-state index in [1.54, 1.807) is 6.07 Å². The molecule has 0 aromatic heterocycles. The van der Waals surface area contributed by atoms with Crippen LogP contribution < -0.4 is 0 Å². The van der Waals surface area contributed by atoms with Gasteiger partial charge < -0.3 is 5.11 Å². The second-order valence-electron chi connectivity index (χ2n) is 4.75. The Morgan fingerprint density at radius 3 is 2.19 bits per heavy atom. The summed E-state index contributed by atoms with van der Waals surface area (Å²) in [4.78, 5) is 0. The number of aliphatic hydroxyl groups is 1. The monoisotopic (exact) mass is 408 g/mol. The first-order valence-corrected chi connectivity index (χ1v) is 7.96. The van der Waals surface area contributed by atoms with E-state index in [9.17, 15) is 9.50 Å². The summed E-state index contributed by atoms with van der Waals surface area (Å²) < 4.78 is 14.7. The van der Waals surface area contributed by atoms with E-state index in [0.717, 1.165) is 20.8 Å². The highest BCUT2D eigenvalue weighted by Crippen LogP contribution is 2.35. The van der Waals surface area contributed by atoms with Crippen molar-refractivity contribution in [1.29, 1.82) is 0 Å². The van der Waals surface area contributed by atoms with Crippen LogP contribution in [0.4, 0.5) is 4.39 Å². The van der Waals surface area contributed by atoms with Crippen molar-refractivity contribution in [3.8, 4) is 0 Å². The van der Waals surface area contributed by atoms with Crippen molar-refractivity contribution < 1.29 is 9.50 Å². The molecular weight excluding hydrogens is 399 g/mol. The lowest BCUT2D eigenvalue weighted by Crippen LogP contribution is -2.02. The van der Waals surface area contributed by atoms with Crippen molar-refractivity contribution in [2.45, 2.75) is 6.10 Å². The van der Waals surface area contributed by atoms with Gasteiger partial charge in [0.25, 0.3) is 0 Å². The summed E-state index contributed by atoms with van der Waals surface area (Å²) in [6.07, 6.45) is -0.821. The molecule has 21 heavy (non-hydrogen) atoms. The zero-order chi connectivity index (χ0) is 15.0. The molecule has 1 nitrogen and oxygen atoms in total. The zero-order valence-corrected chi connectivity index (χ0v) is 14.0. The fourth-order valence-electron chi connectivity index (χ4n) is 2.41. The van der Waals surface area contributed by atoms with Crippen LogP contribution in [0.5, 0.6) is 0 Å². The highest BCUT2D eigenvalue weighted by molar-refractivity contribution is 9.11. The van der Waals surface area contributed by atoms with Crippen molar-refractivity contribution in [2.75, 3.05) is 0 Å². The van der Waals surface area contributed by atoms with Gasteiger partial charge in [0.15, 0.2) is 0 Å². The largest absolute Gasteiger partial charge is 0.384 e. The molecule has 1 unspecified atom stereocenters. The van der Waals surface area contributed by atoms with E-state index in [2.05, 4.69) is 31.9 Å². The van der Waals surface area contributed by atoms with Crippen LogP contribution in [-0.2, 0) is 0 Å². The predicted molar refractivity (Wildman–Crippen MR) is 89.8 cm³/mol. The highest BCUT2D eigenvalue weighted by Gasteiger charge is 2.17. The molecule has 0 fully saturated rings. The van der Waals surface area contributed by atoms with Gasteiger partial charge in [0.1, 0.15) is 11.9 Å². The van der Waals surface area contributed by atoms with E-state index in [1.807, 2.05) is 36.4 Å². The van der Waals surface area contributed by atoms with Gasteiger partial charge in [-0.25, -0.2) is 4.39 Å². The molecule has 0 saturated carbocycles. The van der Waals surface area contributed by atoms with Crippen molar-refractivity contribution in [2.24, 2.45) is 0 Å². The summed E-state index contributed by atoms with van der Waals surface area (Å²) in [5.74, 6) is -0.335. The number of benzene rings is 3. The maximum atomic E-state index is 13.2. The summed E-state index contributed by atoms with van der Waals surface area (Å²) >= 11 is 6.83. The van der Waals surface area contributed by atoms with Crippen LogP contribution in [0.1, 0.15) is 17.2 Å². The van der Waals surface area contributed by atoms with Crippen LogP contribution in [0, 0.1) is 5.82 Å². The van der Waals surface area contributed by atoms with Gasteiger partial charge in [-0.15, -0.1) is 0 Å². The molecule has 3 aromatic carbocycles. The number of aliphatic hydroxyl groups excluding tert-OH is 1. The number of hydrogen-bond acceptors (Lipinski definition) is 1. The number of rotatable bonds is 2. The number of hydrogen-bond donors (Lipinski definition) is 1. The van der Waals surface area contributed by atoms with Gasteiger partial charge >= 0.3 is 0 Å². The van der Waals surface area contributed by atoms with E-state index < -0.39 is 6.10 Å². The minimum atomic E-state index is -0.821. The first kappa shape index (κ1) is 14.7. The van der Waals surface area contributed by atoms with Crippen LogP contribution in [0.3, 0.4) is 0 Å². The quantitative estimate of drug-likeness (QED) is 0.585. The average Bonchev–Trinajstić information content (AvgIpc) is 2.47. The summed E-state index contributed by atoms with van der Waals surface area (Å²) in [7, 11) is 0. The normalized spacial score (nSPS) is 12.6. The van der Waals surface area contributed by atoms with Gasteiger partial charge in [0.05, 0.1) is 0 Å². The third kappa shape index (κ3) is 2.76. The summed E-state index contributed by atoms with van der Waals surface area (Å²) in [5.41, 5.74) is 1.44. The standard InChI is InChI=1S/C17H11Br2FO/c18-15-8-7-13(11-3-1-2-4-12(11)15)17(21)14-6-5-10(20)9-16(14)19/h1-9,17,21H. The van der Waals surface area contributed by atoms with Crippen LogP contribution in [0.25, 0.3) is 10.8 Å². The summed E-state index contributed by atoms with van der Waals surface area (Å²) in [6, 6.07) is 16.0. The van der Waals surface area contributed by atoms with E-state index in [-0.39, 0.29) is 5.82 Å². The molecular formula is C17H11Br2FO. The molecule has 0 bridgehead atoms. The van der Waals surface area contributed by atoms with E-state index in [1.165, 1.54) is 12.1 Å². The summed E-state index contributed by atoms with van der Waals surface area (Å²) in [6.45, 7) is 0. The van der Waals surface area contributed by atoms with E-state index >= 15 is 0 Å². The van der Waals surface area contributed by atoms with Gasteiger partial charge in [-0.3, -0.25) is 0 Å². The lowest BCUT2D eigenvalue weighted by atomic mass is 9.96. The third-order valence-electron chi connectivity index (χ3n) is 3.46. The van der Waals surface area contributed by atoms with Crippen LogP contribution >= 0.6 is 31.9 Å². The minimum Gasteiger partial charge on any atom is -0.384 e. The Kier molecular flexibility index (Phi) is 4.11. The van der Waals surface area contributed by atoms with Crippen LogP contribution in [0.15, 0.2) is 63.5 Å². The number of halogens is 3. The fraction of sp³-hybridized carbons (Fsp3) is 0.0588. The Bertz CT molecular complexity index is 817. The molecule has 0 radical (unpaired) electrons. The molecule has 1 atom stereocenters. The average molecular weight is 410 g/mol. The molecule has 3 aromatic rings. The third-order valence-corrected chi connectivity index (χ3v) is 4.83. The van der Waals surface area contributed by atoms with E-state index in [4.69, 9.17) is 0 Å². The molecule has 0 aliphatic rings. The molecule has 0 heterocycles. The lowest BCUT2D eigenvalue weighted by molar-refractivity contribution is 0.221. The van der Waals surface area contributed by atoms with Gasteiger partial charge in [-0.05, 0) is 40.1 Å². The Balaban J connectivity index is 2.18. The Morgan fingerprint density at radius 1 is 0.810 bits per heavy atom. The minimum absolute atomic E-state index is 0.335. The molecule has 0 spiro atoms. The van der Waals surface area contributed by atoms with Gasteiger partial charge in [0, 0.05) is 8.95 Å². The van der Waals surface area contributed by atoms with Crippen molar-refractivity contribution >= 4 is 42.6 Å². The second-order valence-corrected chi connectivity index (χ2v) is 6.46. The first-order valence-electron chi connectivity index (χ1n) is 6.38. The Hall–Kier alpha value is -1.23. The topological polar surface area (TPSA) is 20.2 Å². The first-order chi connectivity index (χ1) is 10.1. The molecule has 0 aliphatic heterocycles. The SMILES string of the molecule is OC(c1ccc(F)cc1Br)c1ccc(Br)c2ccccc12. The van der Waals surface area contributed by atoms with Gasteiger partial charge in [-0.1, -0.05) is 68.3 Å². The Labute approximate surface area is 138 Å². The van der Waals surface area contributed by atoms with Crippen LogP contribution in [0.2, 0.25) is 0 Å². The smallest absolute Gasteiger partial charge is 0.124 e. The van der Waals surface area contributed by atoms with Crippen LogP contribution in [-0.4, -0.2) is 5.11 Å². The lowest BCUT2D eigenvalue weighted by Gasteiger charge is -2.16.